The van der Waals surface area contributed by atoms with E-state index in [9.17, 15) is 13.2 Å². The van der Waals surface area contributed by atoms with Gasteiger partial charge in [-0.15, -0.1) is 0 Å². The molecule has 0 radical (unpaired) electrons. The van der Waals surface area contributed by atoms with Crippen molar-refractivity contribution >= 4 is 21.7 Å². The molecule has 2 rings (SSSR count). The Morgan fingerprint density at radius 1 is 1.10 bits per heavy atom. The molecule has 6 heteroatoms. The Bertz CT molecular complexity index is 784. The Morgan fingerprint density at radius 3 is 2.38 bits per heavy atom. The largest absolute Gasteiger partial charge is 0.478 e. The van der Waals surface area contributed by atoms with E-state index in [1.165, 1.54) is 31.3 Å². The summed E-state index contributed by atoms with van der Waals surface area (Å²) in [6.07, 6.45) is 0. The summed E-state index contributed by atoms with van der Waals surface area (Å²) in [5.41, 5.74) is 1.16. The predicted octanol–water partition coefficient (Wildman–Crippen LogP) is 2.52. The van der Waals surface area contributed by atoms with E-state index in [0.717, 1.165) is 9.87 Å². The van der Waals surface area contributed by atoms with Crippen LogP contribution in [-0.4, -0.2) is 26.5 Å². The maximum Gasteiger partial charge on any atom is 0.337 e. The van der Waals surface area contributed by atoms with E-state index in [-0.39, 0.29) is 10.5 Å². The number of carboxylic acid groups (broad SMARTS) is 1. The molecule has 0 saturated carbocycles. The second-order valence-electron chi connectivity index (χ2n) is 4.61. The number of aryl methyl sites for hydroxylation is 1. The number of hydrogen-bond acceptors (Lipinski definition) is 3. The number of hydrogen-bond donors (Lipinski definition) is 1. The number of anilines is 1. The third-order valence-corrected chi connectivity index (χ3v) is 4.96. The van der Waals surface area contributed by atoms with Gasteiger partial charge in [0, 0.05) is 7.05 Å². The van der Waals surface area contributed by atoms with Crippen LogP contribution in [0.25, 0.3) is 0 Å². The molecule has 1 N–H and O–H groups in total. The molecular weight excluding hydrogens is 290 g/mol. The molecule has 0 fully saturated rings. The fourth-order valence-corrected chi connectivity index (χ4v) is 3.35. The second kappa shape index (κ2) is 5.57. The minimum Gasteiger partial charge on any atom is -0.478 e. The SMILES string of the molecule is Cc1cccc(N(C)S(=O)(=O)c2ccccc2C(=O)O)c1. The number of carboxylic acids is 1. The van der Waals surface area contributed by atoms with Crippen LogP contribution >= 0.6 is 0 Å². The van der Waals surface area contributed by atoms with E-state index in [1.807, 2.05) is 13.0 Å². The van der Waals surface area contributed by atoms with Gasteiger partial charge in [0.2, 0.25) is 0 Å². The van der Waals surface area contributed by atoms with E-state index in [0.29, 0.717) is 5.69 Å². The third kappa shape index (κ3) is 2.90. The molecule has 110 valence electrons. The fraction of sp³-hybridized carbons (Fsp3) is 0.133. The van der Waals surface area contributed by atoms with Gasteiger partial charge >= 0.3 is 5.97 Å². The van der Waals surface area contributed by atoms with E-state index in [1.54, 1.807) is 18.2 Å². The molecule has 0 unspecified atom stereocenters. The van der Waals surface area contributed by atoms with Crippen molar-refractivity contribution in [1.82, 2.24) is 0 Å². The van der Waals surface area contributed by atoms with Crippen molar-refractivity contribution in [3.05, 3.63) is 59.7 Å². The van der Waals surface area contributed by atoms with Gasteiger partial charge in [0.1, 0.15) is 4.90 Å². The van der Waals surface area contributed by atoms with Crippen molar-refractivity contribution in [2.45, 2.75) is 11.8 Å². The number of benzene rings is 2. The van der Waals surface area contributed by atoms with Crippen LogP contribution in [0.1, 0.15) is 15.9 Å². The third-order valence-electron chi connectivity index (χ3n) is 3.12. The Kier molecular flexibility index (Phi) is 3.99. The van der Waals surface area contributed by atoms with Crippen LogP contribution in [-0.2, 0) is 10.0 Å². The van der Waals surface area contributed by atoms with E-state index < -0.39 is 16.0 Å². The van der Waals surface area contributed by atoms with Crippen LogP contribution in [0.5, 0.6) is 0 Å². The van der Waals surface area contributed by atoms with Crippen LogP contribution in [0.4, 0.5) is 5.69 Å². The van der Waals surface area contributed by atoms with Gasteiger partial charge in [0.15, 0.2) is 0 Å². The lowest BCUT2D eigenvalue weighted by Gasteiger charge is -2.20. The van der Waals surface area contributed by atoms with Gasteiger partial charge in [-0.25, -0.2) is 13.2 Å². The van der Waals surface area contributed by atoms with Gasteiger partial charge < -0.3 is 5.11 Å². The summed E-state index contributed by atoms with van der Waals surface area (Å²) in [5, 5.41) is 9.14. The minimum atomic E-state index is -3.93. The highest BCUT2D eigenvalue weighted by molar-refractivity contribution is 7.92. The lowest BCUT2D eigenvalue weighted by molar-refractivity contribution is 0.0692. The average Bonchev–Trinajstić information content (AvgIpc) is 2.46. The average molecular weight is 305 g/mol. The van der Waals surface area contributed by atoms with Crippen molar-refractivity contribution in [1.29, 1.82) is 0 Å². The standard InChI is InChI=1S/C15H15NO4S/c1-11-6-5-7-12(10-11)16(2)21(19,20)14-9-4-3-8-13(14)15(17)18/h3-10H,1-2H3,(H,17,18). The summed E-state index contributed by atoms with van der Waals surface area (Å²) in [6.45, 7) is 1.86. The molecule has 5 nitrogen and oxygen atoms in total. The van der Waals surface area contributed by atoms with Crippen LogP contribution in [0.3, 0.4) is 0 Å². The molecule has 0 aliphatic heterocycles. The van der Waals surface area contributed by atoms with Gasteiger partial charge in [-0.05, 0) is 36.8 Å². The molecule has 0 spiro atoms. The summed E-state index contributed by atoms with van der Waals surface area (Å²) in [5.74, 6) is -1.27. The molecule has 0 aliphatic rings. The van der Waals surface area contributed by atoms with Gasteiger partial charge in [-0.1, -0.05) is 24.3 Å². The highest BCUT2D eigenvalue weighted by atomic mass is 32.2. The van der Waals surface area contributed by atoms with Gasteiger partial charge in [-0.2, -0.15) is 0 Å². The van der Waals surface area contributed by atoms with E-state index in [2.05, 4.69) is 0 Å². The molecule has 0 amide bonds. The summed E-state index contributed by atoms with van der Waals surface area (Å²) < 4.78 is 26.3. The highest BCUT2D eigenvalue weighted by Gasteiger charge is 2.26. The van der Waals surface area contributed by atoms with Gasteiger partial charge in [0.25, 0.3) is 10.0 Å². The smallest absolute Gasteiger partial charge is 0.337 e. The van der Waals surface area contributed by atoms with Crippen molar-refractivity contribution in [2.24, 2.45) is 0 Å². The molecule has 0 heterocycles. The van der Waals surface area contributed by atoms with Crippen LogP contribution in [0.2, 0.25) is 0 Å². The Morgan fingerprint density at radius 2 is 1.76 bits per heavy atom. The van der Waals surface area contributed by atoms with E-state index >= 15 is 0 Å². The molecule has 0 aliphatic carbocycles. The van der Waals surface area contributed by atoms with E-state index in [4.69, 9.17) is 5.11 Å². The summed E-state index contributed by atoms with van der Waals surface area (Å²) in [6, 6.07) is 12.6. The normalized spacial score (nSPS) is 11.1. The first-order valence-electron chi connectivity index (χ1n) is 6.22. The molecule has 0 saturated heterocycles. The first kappa shape index (κ1) is 15.1. The fourth-order valence-electron chi connectivity index (χ4n) is 1.98. The van der Waals surface area contributed by atoms with Crippen molar-refractivity contribution < 1.29 is 18.3 Å². The Balaban J connectivity index is 2.55. The second-order valence-corrected chi connectivity index (χ2v) is 6.55. The molecule has 0 bridgehead atoms. The van der Waals surface area contributed by atoms with Crippen LogP contribution in [0.15, 0.2) is 53.4 Å². The van der Waals surface area contributed by atoms with Crippen molar-refractivity contribution in [3.8, 4) is 0 Å². The summed E-state index contributed by atoms with van der Waals surface area (Å²) >= 11 is 0. The summed E-state index contributed by atoms with van der Waals surface area (Å²) in [4.78, 5) is 11.0. The zero-order valence-corrected chi connectivity index (χ0v) is 12.5. The monoisotopic (exact) mass is 305 g/mol. The zero-order valence-electron chi connectivity index (χ0n) is 11.6. The maximum absolute atomic E-state index is 12.6. The zero-order chi connectivity index (χ0) is 15.6. The molecular formula is C15H15NO4S. The number of rotatable bonds is 4. The van der Waals surface area contributed by atoms with Crippen LogP contribution < -0.4 is 4.31 Å². The van der Waals surface area contributed by atoms with Gasteiger partial charge in [-0.3, -0.25) is 4.31 Å². The minimum absolute atomic E-state index is 0.221. The molecule has 2 aromatic carbocycles. The quantitative estimate of drug-likeness (QED) is 0.942. The predicted molar refractivity (Wildman–Crippen MR) is 80.2 cm³/mol. The summed E-state index contributed by atoms with van der Waals surface area (Å²) in [7, 11) is -2.53. The van der Waals surface area contributed by atoms with Gasteiger partial charge in [0.05, 0.1) is 11.3 Å². The number of aromatic carboxylic acids is 1. The molecule has 0 aromatic heterocycles. The van der Waals surface area contributed by atoms with Crippen molar-refractivity contribution in [3.63, 3.8) is 0 Å². The lowest BCUT2D eigenvalue weighted by atomic mass is 10.2. The molecule has 2 aromatic rings. The highest BCUT2D eigenvalue weighted by Crippen LogP contribution is 2.25. The number of nitrogens with zero attached hydrogens (tertiary/aromatic N) is 1. The number of sulfonamides is 1. The maximum atomic E-state index is 12.6. The van der Waals surface area contributed by atoms with Crippen molar-refractivity contribution in [2.75, 3.05) is 11.4 Å². The first-order valence-corrected chi connectivity index (χ1v) is 7.66. The molecule has 0 atom stereocenters. The first-order chi connectivity index (χ1) is 9.84. The Hall–Kier alpha value is -2.34. The Labute approximate surface area is 123 Å². The molecule has 21 heavy (non-hydrogen) atoms. The topological polar surface area (TPSA) is 74.7 Å². The lowest BCUT2D eigenvalue weighted by Crippen LogP contribution is -2.28. The van der Waals surface area contributed by atoms with Crippen LogP contribution in [0, 0.1) is 6.92 Å². The number of carbonyl (C=O) groups is 1.